The molecule has 2 rings (SSSR count). The van der Waals surface area contributed by atoms with E-state index in [2.05, 4.69) is 12.1 Å². The van der Waals surface area contributed by atoms with Crippen molar-refractivity contribution < 1.29 is 19.4 Å². The lowest BCUT2D eigenvalue weighted by molar-refractivity contribution is 0.197. The highest BCUT2D eigenvalue weighted by Crippen LogP contribution is 2.39. The van der Waals surface area contributed by atoms with E-state index in [4.69, 9.17) is 14.6 Å². The molecular weight excluding hydrogens is 246 g/mol. The van der Waals surface area contributed by atoms with E-state index < -0.39 is 6.09 Å². The topological polar surface area (TPSA) is 67.8 Å². The van der Waals surface area contributed by atoms with E-state index >= 15 is 0 Å². The molecule has 0 spiro atoms. The van der Waals surface area contributed by atoms with Gasteiger partial charge in [-0.2, -0.15) is 0 Å². The number of benzene rings is 1. The van der Waals surface area contributed by atoms with Gasteiger partial charge in [0.25, 0.3) is 0 Å². The van der Waals surface area contributed by atoms with E-state index in [1.807, 2.05) is 11.4 Å². The maximum Gasteiger partial charge on any atom is 0.404 e. The zero-order chi connectivity index (χ0) is 14.3. The number of amides is 1. The van der Waals surface area contributed by atoms with Crippen LogP contribution in [0.15, 0.2) is 18.2 Å². The lowest BCUT2D eigenvalue weighted by Gasteiger charge is -2.26. The fourth-order valence-corrected chi connectivity index (χ4v) is 1.85. The molecule has 2 N–H and O–H groups in total. The lowest BCUT2D eigenvalue weighted by Crippen LogP contribution is -2.13. The van der Waals surface area contributed by atoms with Gasteiger partial charge in [0.15, 0.2) is 11.5 Å². The Morgan fingerprint density at radius 3 is 2.21 bits per heavy atom. The van der Waals surface area contributed by atoms with Gasteiger partial charge in [0, 0.05) is 7.05 Å². The molecule has 0 saturated heterocycles. The lowest BCUT2D eigenvalue weighted by atomic mass is 9.80. The predicted octanol–water partition coefficient (Wildman–Crippen LogP) is 2.86. The highest BCUT2D eigenvalue weighted by atomic mass is 16.5. The van der Waals surface area contributed by atoms with Crippen LogP contribution in [0.3, 0.4) is 0 Å². The number of hydrogen-bond donors (Lipinski definition) is 2. The van der Waals surface area contributed by atoms with Crippen LogP contribution in [-0.2, 0) is 0 Å². The molecule has 1 saturated carbocycles. The Kier molecular flexibility index (Phi) is 5.99. The number of hydrogen-bond acceptors (Lipinski definition) is 3. The smallest absolute Gasteiger partial charge is 0.404 e. The summed E-state index contributed by atoms with van der Waals surface area (Å²) in [6, 6.07) is 6.24. The van der Waals surface area contributed by atoms with Crippen LogP contribution in [0.1, 0.15) is 30.7 Å². The maximum atomic E-state index is 9.26. The summed E-state index contributed by atoms with van der Waals surface area (Å²) in [6.07, 6.45) is 2.99. The average Bonchev–Trinajstić information content (AvgIpc) is 2.37. The number of rotatable bonds is 3. The molecule has 1 aliphatic carbocycles. The Hall–Kier alpha value is -1.91. The van der Waals surface area contributed by atoms with E-state index in [0.717, 1.165) is 17.4 Å². The Bertz CT molecular complexity index is 416. The normalized spacial score (nSPS) is 13.6. The molecule has 1 aliphatic rings. The summed E-state index contributed by atoms with van der Waals surface area (Å²) in [5, 5.41) is 9.56. The molecule has 0 atom stereocenters. The maximum absolute atomic E-state index is 9.26. The molecule has 19 heavy (non-hydrogen) atoms. The molecule has 0 radical (unpaired) electrons. The Balaban J connectivity index is 0.000000312. The molecular formula is C14H21NO4. The van der Waals surface area contributed by atoms with Crippen molar-refractivity contribution in [2.45, 2.75) is 25.2 Å². The monoisotopic (exact) mass is 267 g/mol. The summed E-state index contributed by atoms with van der Waals surface area (Å²) >= 11 is 0. The number of carboxylic acid groups (broad SMARTS) is 1. The molecule has 1 aromatic rings. The van der Waals surface area contributed by atoms with E-state index in [9.17, 15) is 4.79 Å². The Morgan fingerprint density at radius 1 is 1.26 bits per heavy atom. The van der Waals surface area contributed by atoms with Crippen molar-refractivity contribution in [2.75, 3.05) is 21.3 Å². The number of methoxy groups -OCH3 is 2. The third-order valence-corrected chi connectivity index (χ3v) is 3.20. The largest absolute Gasteiger partial charge is 0.493 e. The standard InChI is InChI=1S/C12H16O2.C2H5NO2/c1-13-11-7-6-10(8-12(11)14-2)9-4-3-5-9;1-3-2(4)5/h6-9H,3-5H2,1-2H3;3H,1H3,(H,4,5). The van der Waals surface area contributed by atoms with Gasteiger partial charge in [0.2, 0.25) is 0 Å². The zero-order valence-corrected chi connectivity index (χ0v) is 11.6. The Morgan fingerprint density at radius 2 is 1.84 bits per heavy atom. The van der Waals surface area contributed by atoms with Crippen LogP contribution in [0.25, 0.3) is 0 Å². The molecule has 1 fully saturated rings. The van der Waals surface area contributed by atoms with Crippen molar-refractivity contribution in [1.29, 1.82) is 0 Å². The minimum Gasteiger partial charge on any atom is -0.493 e. The van der Waals surface area contributed by atoms with E-state index in [1.54, 1.807) is 14.2 Å². The van der Waals surface area contributed by atoms with Crippen LogP contribution < -0.4 is 14.8 Å². The van der Waals surface area contributed by atoms with Crippen LogP contribution in [0.4, 0.5) is 4.79 Å². The van der Waals surface area contributed by atoms with Gasteiger partial charge in [-0.3, -0.25) is 0 Å². The third kappa shape index (κ3) is 4.35. The van der Waals surface area contributed by atoms with Crippen molar-refractivity contribution in [3.63, 3.8) is 0 Å². The highest BCUT2D eigenvalue weighted by molar-refractivity contribution is 5.63. The zero-order valence-electron chi connectivity index (χ0n) is 11.6. The van der Waals surface area contributed by atoms with E-state index in [0.29, 0.717) is 0 Å². The van der Waals surface area contributed by atoms with Crippen LogP contribution >= 0.6 is 0 Å². The minimum absolute atomic E-state index is 0.745. The van der Waals surface area contributed by atoms with Gasteiger partial charge in [-0.15, -0.1) is 0 Å². The second-order valence-corrected chi connectivity index (χ2v) is 4.30. The van der Waals surface area contributed by atoms with Crippen LogP contribution in [0.5, 0.6) is 11.5 Å². The fraction of sp³-hybridized carbons (Fsp3) is 0.500. The summed E-state index contributed by atoms with van der Waals surface area (Å²) in [5.41, 5.74) is 1.38. The van der Waals surface area contributed by atoms with Gasteiger partial charge in [0.1, 0.15) is 0 Å². The second-order valence-electron chi connectivity index (χ2n) is 4.30. The van der Waals surface area contributed by atoms with E-state index in [1.165, 1.54) is 31.9 Å². The summed E-state index contributed by atoms with van der Waals surface area (Å²) in [6.45, 7) is 0. The molecule has 0 heterocycles. The van der Waals surface area contributed by atoms with Crippen LogP contribution in [0, 0.1) is 0 Å². The second kappa shape index (κ2) is 7.51. The molecule has 5 nitrogen and oxygen atoms in total. The van der Waals surface area contributed by atoms with Crippen LogP contribution in [0.2, 0.25) is 0 Å². The first-order valence-electron chi connectivity index (χ1n) is 6.25. The van der Waals surface area contributed by atoms with Crippen molar-refractivity contribution in [3.05, 3.63) is 23.8 Å². The number of carbonyl (C=O) groups is 1. The molecule has 5 heteroatoms. The average molecular weight is 267 g/mol. The number of nitrogens with one attached hydrogen (secondary N) is 1. The molecule has 0 aliphatic heterocycles. The van der Waals surface area contributed by atoms with Gasteiger partial charge in [-0.1, -0.05) is 12.5 Å². The first-order chi connectivity index (χ1) is 9.12. The fourth-order valence-electron chi connectivity index (χ4n) is 1.85. The first kappa shape index (κ1) is 15.1. The minimum atomic E-state index is -0.995. The summed E-state index contributed by atoms with van der Waals surface area (Å²) < 4.78 is 10.5. The van der Waals surface area contributed by atoms with Crippen molar-refractivity contribution in [1.82, 2.24) is 5.32 Å². The summed E-state index contributed by atoms with van der Waals surface area (Å²) in [4.78, 5) is 9.26. The summed E-state index contributed by atoms with van der Waals surface area (Å²) in [7, 11) is 4.70. The van der Waals surface area contributed by atoms with Gasteiger partial charge < -0.3 is 19.9 Å². The van der Waals surface area contributed by atoms with Gasteiger partial charge >= 0.3 is 6.09 Å². The van der Waals surface area contributed by atoms with Gasteiger partial charge in [-0.05, 0) is 36.5 Å². The van der Waals surface area contributed by atoms with Crippen molar-refractivity contribution in [3.8, 4) is 11.5 Å². The Labute approximate surface area is 113 Å². The molecule has 0 bridgehead atoms. The molecule has 1 amide bonds. The van der Waals surface area contributed by atoms with Gasteiger partial charge in [-0.25, -0.2) is 4.79 Å². The molecule has 0 aromatic heterocycles. The van der Waals surface area contributed by atoms with Crippen LogP contribution in [-0.4, -0.2) is 32.5 Å². The van der Waals surface area contributed by atoms with E-state index in [-0.39, 0.29) is 0 Å². The highest BCUT2D eigenvalue weighted by Gasteiger charge is 2.20. The SMILES string of the molecule is CNC(=O)O.COc1ccc(C2CCC2)cc1OC. The quantitative estimate of drug-likeness (QED) is 0.883. The number of ether oxygens (including phenoxy) is 2. The molecule has 0 unspecified atom stereocenters. The summed E-state index contributed by atoms with van der Waals surface area (Å²) in [5.74, 6) is 2.40. The van der Waals surface area contributed by atoms with Crippen molar-refractivity contribution in [2.24, 2.45) is 0 Å². The third-order valence-electron chi connectivity index (χ3n) is 3.20. The predicted molar refractivity (Wildman–Crippen MR) is 73.2 cm³/mol. The molecule has 1 aromatic carbocycles. The van der Waals surface area contributed by atoms with Crippen molar-refractivity contribution >= 4 is 6.09 Å². The first-order valence-corrected chi connectivity index (χ1v) is 6.25. The molecule has 106 valence electrons. The van der Waals surface area contributed by atoms with Gasteiger partial charge in [0.05, 0.1) is 14.2 Å².